The first kappa shape index (κ1) is 39.0. The van der Waals surface area contributed by atoms with Gasteiger partial charge in [0.05, 0.1) is 0 Å². The number of hydrogen-bond donors (Lipinski definition) is 0. The number of allylic oxidation sites excluding steroid dienone is 2. The molecule has 0 heterocycles. The summed E-state index contributed by atoms with van der Waals surface area (Å²) in [6, 6.07) is 0. The zero-order chi connectivity index (χ0) is 34.0. The van der Waals surface area contributed by atoms with Crippen LogP contribution in [0.5, 0.6) is 0 Å². The van der Waals surface area contributed by atoms with E-state index in [2.05, 4.69) is 61.5 Å². The molecule has 2 heteroatoms. The topological polar surface area (TPSA) is 26.3 Å². The average Bonchev–Trinajstić information content (AvgIpc) is 3.40. The number of carbonyl (C=O) groups excluding carboxylic acids is 1. The number of carbonyl (C=O) groups is 1. The standard InChI is InChI=1S/C45H80O2/c1-9-10-11-12-13-14-15-16-17-18-19-20-21-22-43(46)47-42-30-32-45(8)39(36(42)6)26-25-37-40-28-27-38(44(40,7)31-29-41(37)45)35(5)24-23-34(4)33(2)3/h25,33-36,38-42H,9-24,26-32H2,1-8H3/t34-,35+,36-,38+,39-,40-,41-,42-,44+,45-/m0/s1. The second-order valence-electron chi connectivity index (χ2n) is 18.6. The van der Waals surface area contributed by atoms with Gasteiger partial charge in [-0.2, -0.15) is 0 Å². The lowest BCUT2D eigenvalue weighted by Gasteiger charge is -2.59. The molecule has 0 aromatic carbocycles. The van der Waals surface area contributed by atoms with Crippen molar-refractivity contribution in [3.8, 4) is 0 Å². The first-order valence-electron chi connectivity index (χ1n) is 21.4. The fourth-order valence-electron chi connectivity index (χ4n) is 11.6. The number of rotatable bonds is 20. The van der Waals surface area contributed by atoms with Gasteiger partial charge in [0.15, 0.2) is 0 Å². The van der Waals surface area contributed by atoms with Crippen LogP contribution in [0, 0.1) is 58.2 Å². The maximum Gasteiger partial charge on any atom is 0.306 e. The van der Waals surface area contributed by atoms with Crippen LogP contribution in [0.25, 0.3) is 0 Å². The third-order valence-corrected chi connectivity index (χ3v) is 15.3. The van der Waals surface area contributed by atoms with Crippen molar-refractivity contribution < 1.29 is 9.53 Å². The Kier molecular flexibility index (Phi) is 15.3. The predicted octanol–water partition coefficient (Wildman–Crippen LogP) is 13.9. The van der Waals surface area contributed by atoms with Gasteiger partial charge in [-0.3, -0.25) is 4.79 Å². The molecule has 4 aliphatic carbocycles. The van der Waals surface area contributed by atoms with E-state index in [1.54, 1.807) is 0 Å². The molecule has 3 saturated carbocycles. The molecule has 0 radical (unpaired) electrons. The third kappa shape index (κ3) is 9.72. The molecule has 0 N–H and O–H groups in total. The fraction of sp³-hybridized carbons (Fsp3) is 0.933. The SMILES string of the molecule is CCCCCCCCCCCCCCCC(=O)O[C@H]1CC[C@]2(C)[C@H]3CC[C@]4(C)[C@@H]([C@H](C)CC[C@H](C)C(C)C)CC[C@H]4C3=CC[C@H]2[C@@H]1C. The molecular weight excluding hydrogens is 572 g/mol. The van der Waals surface area contributed by atoms with Crippen molar-refractivity contribution in [1.29, 1.82) is 0 Å². The summed E-state index contributed by atoms with van der Waals surface area (Å²) >= 11 is 0. The minimum Gasteiger partial charge on any atom is -0.462 e. The van der Waals surface area contributed by atoms with Crippen LogP contribution in [0.2, 0.25) is 0 Å². The molecule has 0 aliphatic heterocycles. The Labute approximate surface area is 293 Å². The minimum atomic E-state index is 0.0721. The lowest BCUT2D eigenvalue weighted by atomic mass is 9.46. The highest BCUT2D eigenvalue weighted by atomic mass is 16.5. The zero-order valence-corrected chi connectivity index (χ0v) is 32.9. The van der Waals surface area contributed by atoms with Gasteiger partial charge in [0.1, 0.15) is 6.10 Å². The van der Waals surface area contributed by atoms with E-state index in [-0.39, 0.29) is 12.1 Å². The van der Waals surface area contributed by atoms with Gasteiger partial charge in [-0.15, -0.1) is 0 Å². The summed E-state index contributed by atoms with van der Waals surface area (Å²) < 4.78 is 6.26. The quantitative estimate of drug-likeness (QED) is 0.0743. The monoisotopic (exact) mass is 653 g/mol. The van der Waals surface area contributed by atoms with E-state index in [0.29, 0.717) is 29.1 Å². The fourth-order valence-corrected chi connectivity index (χ4v) is 11.6. The van der Waals surface area contributed by atoms with Crippen molar-refractivity contribution in [2.24, 2.45) is 58.2 Å². The molecule has 0 amide bonds. The van der Waals surface area contributed by atoms with Crippen LogP contribution in [-0.2, 0) is 9.53 Å². The van der Waals surface area contributed by atoms with Crippen LogP contribution in [0.3, 0.4) is 0 Å². The van der Waals surface area contributed by atoms with E-state index in [4.69, 9.17) is 4.74 Å². The zero-order valence-electron chi connectivity index (χ0n) is 32.9. The van der Waals surface area contributed by atoms with Crippen molar-refractivity contribution in [2.45, 2.75) is 209 Å². The van der Waals surface area contributed by atoms with Crippen molar-refractivity contribution in [3.63, 3.8) is 0 Å². The summed E-state index contributed by atoms with van der Waals surface area (Å²) in [5, 5.41) is 0. The van der Waals surface area contributed by atoms with E-state index >= 15 is 0 Å². The third-order valence-electron chi connectivity index (χ3n) is 15.3. The van der Waals surface area contributed by atoms with Crippen molar-refractivity contribution in [1.82, 2.24) is 0 Å². The van der Waals surface area contributed by atoms with Crippen LogP contribution in [0.4, 0.5) is 0 Å². The molecule has 0 saturated heterocycles. The van der Waals surface area contributed by atoms with Crippen LogP contribution in [0.15, 0.2) is 11.6 Å². The molecule has 4 rings (SSSR count). The summed E-state index contributed by atoms with van der Waals surface area (Å²) in [4.78, 5) is 13.0. The first-order valence-corrected chi connectivity index (χ1v) is 21.4. The molecular formula is C45H80O2. The maximum atomic E-state index is 13.0. The van der Waals surface area contributed by atoms with Gasteiger partial charge in [0, 0.05) is 6.42 Å². The Morgan fingerprint density at radius 2 is 1.34 bits per heavy atom. The van der Waals surface area contributed by atoms with E-state index in [1.165, 1.54) is 128 Å². The Hall–Kier alpha value is -0.790. The highest BCUT2D eigenvalue weighted by Gasteiger charge is 2.59. The molecule has 10 atom stereocenters. The Morgan fingerprint density at radius 3 is 1.96 bits per heavy atom. The summed E-state index contributed by atoms with van der Waals surface area (Å²) in [6.07, 6.45) is 32.9. The largest absolute Gasteiger partial charge is 0.462 e. The molecule has 2 nitrogen and oxygen atoms in total. The maximum absolute atomic E-state index is 13.0. The summed E-state index contributed by atoms with van der Waals surface area (Å²) in [6.45, 7) is 19.9. The summed E-state index contributed by atoms with van der Waals surface area (Å²) in [5.74, 6) is 6.13. The molecule has 0 aromatic heterocycles. The number of hydrogen-bond acceptors (Lipinski definition) is 2. The molecule has 0 bridgehead atoms. The van der Waals surface area contributed by atoms with Gasteiger partial charge in [-0.05, 0) is 110 Å². The molecule has 3 fully saturated rings. The minimum absolute atomic E-state index is 0.0721. The van der Waals surface area contributed by atoms with E-state index in [1.807, 2.05) is 5.57 Å². The molecule has 0 unspecified atom stereocenters. The molecule has 4 aliphatic rings. The first-order chi connectivity index (χ1) is 22.5. The summed E-state index contributed by atoms with van der Waals surface area (Å²) in [7, 11) is 0. The van der Waals surface area contributed by atoms with Crippen LogP contribution < -0.4 is 0 Å². The predicted molar refractivity (Wildman–Crippen MR) is 202 cm³/mol. The van der Waals surface area contributed by atoms with Crippen LogP contribution in [0.1, 0.15) is 203 Å². The van der Waals surface area contributed by atoms with Gasteiger partial charge in [-0.25, -0.2) is 0 Å². The van der Waals surface area contributed by atoms with Gasteiger partial charge in [-0.1, -0.05) is 157 Å². The van der Waals surface area contributed by atoms with Crippen molar-refractivity contribution in [2.75, 3.05) is 0 Å². The van der Waals surface area contributed by atoms with Crippen molar-refractivity contribution >= 4 is 5.97 Å². The number of fused-ring (bicyclic) bond motifs is 5. The molecule has 272 valence electrons. The van der Waals surface area contributed by atoms with E-state index in [0.717, 1.165) is 48.3 Å². The van der Waals surface area contributed by atoms with Gasteiger partial charge >= 0.3 is 5.97 Å². The second kappa shape index (κ2) is 18.4. The highest BCUT2D eigenvalue weighted by molar-refractivity contribution is 5.69. The Balaban J connectivity index is 1.19. The van der Waals surface area contributed by atoms with Gasteiger partial charge in [0.2, 0.25) is 0 Å². The average molecular weight is 653 g/mol. The smallest absolute Gasteiger partial charge is 0.306 e. The Bertz CT molecular complexity index is 965. The van der Waals surface area contributed by atoms with Crippen molar-refractivity contribution in [3.05, 3.63) is 11.6 Å². The normalized spacial score (nSPS) is 34.7. The Morgan fingerprint density at radius 1 is 0.766 bits per heavy atom. The molecule has 0 spiro atoms. The van der Waals surface area contributed by atoms with E-state index < -0.39 is 0 Å². The van der Waals surface area contributed by atoms with Crippen LogP contribution >= 0.6 is 0 Å². The highest BCUT2D eigenvalue weighted by Crippen LogP contribution is 2.67. The van der Waals surface area contributed by atoms with Crippen LogP contribution in [-0.4, -0.2) is 12.1 Å². The lowest BCUT2D eigenvalue weighted by molar-refractivity contribution is -0.161. The number of esters is 1. The second-order valence-corrected chi connectivity index (χ2v) is 18.6. The molecule has 47 heavy (non-hydrogen) atoms. The lowest BCUT2D eigenvalue weighted by Crippen LogP contribution is -2.53. The molecule has 0 aromatic rings. The number of ether oxygens (including phenoxy) is 1. The number of unbranched alkanes of at least 4 members (excludes halogenated alkanes) is 12. The van der Waals surface area contributed by atoms with Gasteiger partial charge in [0.25, 0.3) is 0 Å². The summed E-state index contributed by atoms with van der Waals surface area (Å²) in [5.41, 5.74) is 2.74. The van der Waals surface area contributed by atoms with Gasteiger partial charge < -0.3 is 4.74 Å². The van der Waals surface area contributed by atoms with E-state index in [9.17, 15) is 4.79 Å².